The number of esters is 1. The molecule has 1 aliphatic rings. The van der Waals surface area contributed by atoms with Gasteiger partial charge in [0.1, 0.15) is 5.75 Å². The van der Waals surface area contributed by atoms with Crippen molar-refractivity contribution in [3.8, 4) is 5.75 Å². The van der Waals surface area contributed by atoms with Crippen LogP contribution in [0, 0.1) is 0 Å². The zero-order valence-electron chi connectivity index (χ0n) is 17.3. The number of hydrogen-bond acceptors (Lipinski definition) is 6. The first-order valence-corrected chi connectivity index (χ1v) is 11.7. The van der Waals surface area contributed by atoms with Crippen LogP contribution in [0.1, 0.15) is 17.5 Å². The average Bonchev–Trinajstić information content (AvgIpc) is 3.14. The van der Waals surface area contributed by atoms with Gasteiger partial charge in [0.15, 0.2) is 16.4 Å². The van der Waals surface area contributed by atoms with Gasteiger partial charge in [0, 0.05) is 18.7 Å². The summed E-state index contributed by atoms with van der Waals surface area (Å²) in [5.74, 6) is -0.438. The van der Waals surface area contributed by atoms with Crippen LogP contribution in [0.3, 0.4) is 0 Å². The Labute approximate surface area is 182 Å². The van der Waals surface area contributed by atoms with E-state index >= 15 is 0 Å². The van der Waals surface area contributed by atoms with E-state index in [1.165, 1.54) is 11.0 Å². The number of carbonyl (C=O) groups excluding carboxylic acids is 2. The number of amides is 1. The average molecular weight is 444 g/mol. The van der Waals surface area contributed by atoms with Crippen LogP contribution in [0.4, 0.5) is 0 Å². The van der Waals surface area contributed by atoms with E-state index in [2.05, 4.69) is 0 Å². The molecule has 0 spiro atoms. The van der Waals surface area contributed by atoms with Crippen molar-refractivity contribution in [3.05, 3.63) is 71.8 Å². The minimum Gasteiger partial charge on any atom is -0.497 e. The Hall–Kier alpha value is -3.13. The largest absolute Gasteiger partial charge is 0.497 e. The van der Waals surface area contributed by atoms with Crippen LogP contribution in [0.15, 0.2) is 60.7 Å². The van der Waals surface area contributed by atoms with E-state index in [1.807, 2.05) is 30.3 Å². The van der Waals surface area contributed by atoms with Gasteiger partial charge in [-0.25, -0.2) is 13.2 Å². The molecule has 1 heterocycles. The van der Waals surface area contributed by atoms with Crippen molar-refractivity contribution < 1.29 is 27.5 Å². The number of methoxy groups -OCH3 is 1. The lowest BCUT2D eigenvalue weighted by molar-refractivity contribution is -0.149. The van der Waals surface area contributed by atoms with Crippen molar-refractivity contribution in [3.63, 3.8) is 0 Å². The van der Waals surface area contributed by atoms with E-state index in [1.54, 1.807) is 37.5 Å². The number of ether oxygens (including phenoxy) is 2. The highest BCUT2D eigenvalue weighted by Gasteiger charge is 2.34. The monoisotopic (exact) mass is 443 g/mol. The summed E-state index contributed by atoms with van der Waals surface area (Å²) in [7, 11) is -1.61. The molecule has 0 unspecified atom stereocenters. The molecule has 2 aromatic carbocycles. The van der Waals surface area contributed by atoms with Gasteiger partial charge in [0.2, 0.25) is 0 Å². The molecule has 0 aliphatic carbocycles. The van der Waals surface area contributed by atoms with Crippen LogP contribution >= 0.6 is 0 Å². The van der Waals surface area contributed by atoms with Gasteiger partial charge in [-0.3, -0.25) is 4.79 Å². The van der Waals surface area contributed by atoms with Crippen molar-refractivity contribution in [2.75, 3.05) is 25.2 Å². The number of nitrogens with zero attached hydrogens (tertiary/aromatic N) is 1. The molecule has 3 rings (SSSR count). The van der Waals surface area contributed by atoms with Crippen LogP contribution in [-0.2, 0) is 30.7 Å². The quantitative estimate of drug-likeness (QED) is 0.460. The summed E-state index contributed by atoms with van der Waals surface area (Å²) >= 11 is 0. The molecule has 0 radical (unpaired) electrons. The van der Waals surface area contributed by atoms with Gasteiger partial charge in [-0.2, -0.15) is 0 Å². The van der Waals surface area contributed by atoms with Gasteiger partial charge >= 0.3 is 5.97 Å². The van der Waals surface area contributed by atoms with E-state index in [0.717, 1.165) is 11.1 Å². The van der Waals surface area contributed by atoms with Crippen molar-refractivity contribution in [1.82, 2.24) is 4.90 Å². The lowest BCUT2D eigenvalue weighted by Gasteiger charge is -2.28. The Balaban J connectivity index is 1.62. The lowest BCUT2D eigenvalue weighted by atomic mass is 10.1. The van der Waals surface area contributed by atoms with E-state index in [-0.39, 0.29) is 18.1 Å². The minimum absolute atomic E-state index is 0.0549. The van der Waals surface area contributed by atoms with Gasteiger partial charge in [-0.1, -0.05) is 42.5 Å². The minimum atomic E-state index is -3.17. The smallest absolute Gasteiger partial charge is 0.331 e. The summed E-state index contributed by atoms with van der Waals surface area (Å²) in [5.41, 5.74) is 1.63. The first-order chi connectivity index (χ1) is 14.9. The van der Waals surface area contributed by atoms with Crippen LogP contribution in [0.2, 0.25) is 0 Å². The number of carbonyl (C=O) groups is 2. The zero-order valence-corrected chi connectivity index (χ0v) is 18.1. The van der Waals surface area contributed by atoms with Crippen LogP contribution in [0.5, 0.6) is 5.75 Å². The molecule has 2 aromatic rings. The SMILES string of the molecule is COc1cccc(/C=C/C(=O)OCC(=O)N(Cc2ccccc2)[C@@H]2CCS(=O)(=O)C2)c1. The summed E-state index contributed by atoms with van der Waals surface area (Å²) in [6, 6.07) is 16.0. The summed E-state index contributed by atoms with van der Waals surface area (Å²) < 4.78 is 34.1. The predicted molar refractivity (Wildman–Crippen MR) is 117 cm³/mol. The molecule has 1 atom stereocenters. The first kappa shape index (κ1) is 22.6. The van der Waals surface area contributed by atoms with Crippen LogP contribution < -0.4 is 4.74 Å². The second-order valence-electron chi connectivity index (χ2n) is 7.28. The molecule has 1 fully saturated rings. The number of hydrogen-bond donors (Lipinski definition) is 0. The molecule has 7 nitrogen and oxygen atoms in total. The molecular formula is C23H25NO6S. The third-order valence-electron chi connectivity index (χ3n) is 5.01. The van der Waals surface area contributed by atoms with Gasteiger partial charge in [-0.05, 0) is 35.8 Å². The van der Waals surface area contributed by atoms with Crippen molar-refractivity contribution >= 4 is 27.8 Å². The fourth-order valence-electron chi connectivity index (χ4n) is 3.40. The lowest BCUT2D eigenvalue weighted by Crippen LogP contribution is -2.42. The third-order valence-corrected chi connectivity index (χ3v) is 6.76. The van der Waals surface area contributed by atoms with Crippen molar-refractivity contribution in [1.29, 1.82) is 0 Å². The molecule has 1 aliphatic heterocycles. The maximum Gasteiger partial charge on any atom is 0.331 e. The van der Waals surface area contributed by atoms with E-state index in [9.17, 15) is 18.0 Å². The molecular weight excluding hydrogens is 418 g/mol. The molecule has 0 saturated carbocycles. The highest BCUT2D eigenvalue weighted by Crippen LogP contribution is 2.20. The standard InChI is InChI=1S/C23H25NO6S/c1-29-21-9-5-8-18(14-21)10-11-23(26)30-16-22(25)24(15-19-6-3-2-4-7-19)20-12-13-31(27,28)17-20/h2-11,14,20H,12-13,15-17H2,1H3/b11-10+/t20-/m1/s1. The maximum absolute atomic E-state index is 12.8. The van der Waals surface area contributed by atoms with Crippen molar-refractivity contribution in [2.45, 2.75) is 19.0 Å². The second-order valence-corrected chi connectivity index (χ2v) is 9.51. The van der Waals surface area contributed by atoms with Crippen LogP contribution in [0.25, 0.3) is 6.08 Å². The van der Waals surface area contributed by atoms with Crippen molar-refractivity contribution in [2.24, 2.45) is 0 Å². The second kappa shape index (κ2) is 10.3. The van der Waals surface area contributed by atoms with Gasteiger partial charge in [0.25, 0.3) is 5.91 Å². The third kappa shape index (κ3) is 6.68. The van der Waals surface area contributed by atoms with E-state index < -0.39 is 34.4 Å². The fraction of sp³-hybridized carbons (Fsp3) is 0.304. The van der Waals surface area contributed by atoms with Gasteiger partial charge < -0.3 is 14.4 Å². The Morgan fingerprint density at radius 3 is 2.58 bits per heavy atom. The molecule has 8 heteroatoms. The molecule has 0 N–H and O–H groups in total. The Kier molecular flexibility index (Phi) is 7.46. The first-order valence-electron chi connectivity index (χ1n) is 9.89. The molecule has 0 bridgehead atoms. The molecule has 31 heavy (non-hydrogen) atoms. The summed E-state index contributed by atoms with van der Waals surface area (Å²) in [6.45, 7) is -0.193. The number of rotatable bonds is 8. The Morgan fingerprint density at radius 2 is 1.90 bits per heavy atom. The molecule has 1 amide bonds. The molecule has 1 saturated heterocycles. The molecule has 164 valence electrons. The molecule has 0 aromatic heterocycles. The number of sulfone groups is 1. The topological polar surface area (TPSA) is 90.0 Å². The summed E-state index contributed by atoms with van der Waals surface area (Å²) in [4.78, 5) is 26.4. The van der Waals surface area contributed by atoms with Gasteiger partial charge in [-0.15, -0.1) is 0 Å². The Morgan fingerprint density at radius 1 is 1.13 bits per heavy atom. The highest BCUT2D eigenvalue weighted by molar-refractivity contribution is 7.91. The number of benzene rings is 2. The Bertz CT molecular complexity index is 1050. The van der Waals surface area contributed by atoms with Crippen LogP contribution in [-0.4, -0.2) is 56.5 Å². The zero-order chi connectivity index (χ0) is 22.3. The highest BCUT2D eigenvalue weighted by atomic mass is 32.2. The predicted octanol–water partition coefficient (Wildman–Crippen LogP) is 2.47. The van der Waals surface area contributed by atoms with Gasteiger partial charge in [0.05, 0.1) is 18.6 Å². The van der Waals surface area contributed by atoms with E-state index in [4.69, 9.17) is 9.47 Å². The summed E-state index contributed by atoms with van der Waals surface area (Å²) in [6.07, 6.45) is 3.19. The maximum atomic E-state index is 12.8. The summed E-state index contributed by atoms with van der Waals surface area (Å²) in [5, 5.41) is 0. The fourth-order valence-corrected chi connectivity index (χ4v) is 5.13. The van der Waals surface area contributed by atoms with E-state index in [0.29, 0.717) is 12.2 Å². The normalized spacial score (nSPS) is 17.4.